The Hall–Kier alpha value is -1.79. The third-order valence-electron chi connectivity index (χ3n) is 3.62. The van der Waals surface area contributed by atoms with E-state index in [0.717, 1.165) is 12.8 Å². The van der Waals surface area contributed by atoms with Gasteiger partial charge in [0.1, 0.15) is 12.1 Å². The minimum absolute atomic E-state index is 0.0592. The Morgan fingerprint density at radius 3 is 2.30 bits per heavy atom. The Morgan fingerprint density at radius 1 is 1.40 bits per heavy atom. The van der Waals surface area contributed by atoms with E-state index in [9.17, 15) is 19.5 Å². The van der Waals surface area contributed by atoms with Gasteiger partial charge in [0, 0.05) is 6.04 Å². The number of nitrogens with one attached hydrogen (secondary N) is 1. The first-order chi connectivity index (χ1) is 9.22. The van der Waals surface area contributed by atoms with Gasteiger partial charge < -0.3 is 20.1 Å². The van der Waals surface area contributed by atoms with E-state index >= 15 is 0 Å². The number of hydrogen-bond acceptors (Lipinski definition) is 4. The van der Waals surface area contributed by atoms with Gasteiger partial charge in [-0.3, -0.25) is 4.79 Å². The lowest BCUT2D eigenvalue weighted by Crippen LogP contribution is -2.59. The summed E-state index contributed by atoms with van der Waals surface area (Å²) < 4.78 is 4.54. The lowest BCUT2D eigenvalue weighted by Gasteiger charge is -2.32. The first-order valence-corrected chi connectivity index (χ1v) is 6.61. The first-order valence-electron chi connectivity index (χ1n) is 6.61. The molecule has 114 valence electrons. The van der Waals surface area contributed by atoms with Crippen molar-refractivity contribution in [1.29, 1.82) is 0 Å². The van der Waals surface area contributed by atoms with Crippen LogP contribution in [0, 0.1) is 5.92 Å². The number of nitrogens with zero attached hydrogens (tertiary/aromatic N) is 1. The van der Waals surface area contributed by atoms with Crippen LogP contribution in [0.25, 0.3) is 0 Å². The highest BCUT2D eigenvalue weighted by Crippen LogP contribution is 2.39. The lowest BCUT2D eigenvalue weighted by atomic mass is 9.96. The average molecular weight is 286 g/mol. The Kier molecular flexibility index (Phi) is 4.97. The number of hydrogen-bond donors (Lipinski definition) is 2. The van der Waals surface area contributed by atoms with Gasteiger partial charge in [0.25, 0.3) is 0 Å². The molecular weight excluding hydrogens is 264 g/mol. The van der Waals surface area contributed by atoms with Gasteiger partial charge in [0.15, 0.2) is 0 Å². The number of aliphatic carboxylic acids is 1. The van der Waals surface area contributed by atoms with E-state index in [4.69, 9.17) is 0 Å². The van der Waals surface area contributed by atoms with Crippen molar-refractivity contribution in [1.82, 2.24) is 10.2 Å². The Morgan fingerprint density at radius 2 is 1.95 bits per heavy atom. The third-order valence-corrected chi connectivity index (χ3v) is 3.62. The molecule has 0 bridgehead atoms. The number of esters is 1. The standard InChI is InChI=1S/C13H22N2O5/c1-8(2)15(7-10(16)20-4)12(19)14-13(3,11(17)18)9-5-6-9/h8-9H,5-7H2,1-4H3,(H,14,19)(H,17,18). The van der Waals surface area contributed by atoms with E-state index in [-0.39, 0.29) is 18.5 Å². The second-order valence-electron chi connectivity index (χ2n) is 5.51. The van der Waals surface area contributed by atoms with Crippen LogP contribution in [0.2, 0.25) is 0 Å². The van der Waals surface area contributed by atoms with Crippen LogP contribution in [0.3, 0.4) is 0 Å². The van der Waals surface area contributed by atoms with Gasteiger partial charge in [0.05, 0.1) is 7.11 Å². The van der Waals surface area contributed by atoms with Crippen LogP contribution in [-0.2, 0) is 14.3 Å². The predicted molar refractivity (Wildman–Crippen MR) is 71.2 cm³/mol. The monoisotopic (exact) mass is 286 g/mol. The molecule has 1 rings (SSSR count). The zero-order valence-electron chi connectivity index (χ0n) is 12.3. The summed E-state index contributed by atoms with van der Waals surface area (Å²) in [6, 6.07) is -0.812. The molecule has 0 spiro atoms. The number of carboxylic acids is 1. The first kappa shape index (κ1) is 16.3. The maximum absolute atomic E-state index is 12.2. The van der Waals surface area contributed by atoms with Gasteiger partial charge in [-0.05, 0) is 39.5 Å². The number of carboxylic acid groups (broad SMARTS) is 1. The van der Waals surface area contributed by atoms with E-state index in [0.29, 0.717) is 0 Å². The molecule has 1 aliphatic carbocycles. The Balaban J connectivity index is 2.79. The highest BCUT2D eigenvalue weighted by Gasteiger charge is 2.49. The second-order valence-corrected chi connectivity index (χ2v) is 5.51. The molecule has 1 atom stereocenters. The fourth-order valence-corrected chi connectivity index (χ4v) is 1.98. The fraction of sp³-hybridized carbons (Fsp3) is 0.769. The second kappa shape index (κ2) is 6.11. The quantitative estimate of drug-likeness (QED) is 0.705. The average Bonchev–Trinajstić information content (AvgIpc) is 3.18. The van der Waals surface area contributed by atoms with Crippen molar-refractivity contribution in [3.8, 4) is 0 Å². The molecule has 1 unspecified atom stereocenters. The molecule has 2 amide bonds. The van der Waals surface area contributed by atoms with Crippen LogP contribution in [0.5, 0.6) is 0 Å². The van der Waals surface area contributed by atoms with Gasteiger partial charge in [-0.25, -0.2) is 9.59 Å². The van der Waals surface area contributed by atoms with Crippen LogP contribution in [0.15, 0.2) is 0 Å². The van der Waals surface area contributed by atoms with Crippen LogP contribution < -0.4 is 5.32 Å². The van der Waals surface area contributed by atoms with Crippen molar-refractivity contribution in [2.45, 2.75) is 45.2 Å². The van der Waals surface area contributed by atoms with Crippen molar-refractivity contribution < 1.29 is 24.2 Å². The molecule has 1 fully saturated rings. The molecule has 0 radical (unpaired) electrons. The summed E-state index contributed by atoms with van der Waals surface area (Å²) in [5.74, 6) is -1.66. The van der Waals surface area contributed by atoms with E-state index in [1.165, 1.54) is 18.9 Å². The minimum atomic E-state index is -1.29. The van der Waals surface area contributed by atoms with Gasteiger partial charge in [0.2, 0.25) is 0 Å². The maximum Gasteiger partial charge on any atom is 0.329 e. The number of carbonyl (C=O) groups excluding carboxylic acids is 2. The van der Waals surface area contributed by atoms with Crippen LogP contribution >= 0.6 is 0 Å². The smallest absolute Gasteiger partial charge is 0.329 e. The summed E-state index contributed by atoms with van der Waals surface area (Å²) in [5, 5.41) is 11.9. The largest absolute Gasteiger partial charge is 0.480 e. The Bertz CT molecular complexity index is 406. The molecule has 0 aliphatic heterocycles. The topological polar surface area (TPSA) is 95.9 Å². The van der Waals surface area contributed by atoms with Crippen LogP contribution in [-0.4, -0.2) is 53.2 Å². The third kappa shape index (κ3) is 3.61. The number of methoxy groups -OCH3 is 1. The number of rotatable bonds is 6. The molecule has 0 aromatic rings. The molecule has 0 aromatic carbocycles. The molecule has 7 heteroatoms. The molecule has 20 heavy (non-hydrogen) atoms. The Labute approximate surface area is 118 Å². The number of carbonyl (C=O) groups is 3. The lowest BCUT2D eigenvalue weighted by molar-refractivity contribution is -0.144. The van der Waals surface area contributed by atoms with Crippen molar-refractivity contribution in [3.63, 3.8) is 0 Å². The van der Waals surface area contributed by atoms with E-state index in [1.54, 1.807) is 13.8 Å². The molecule has 0 saturated heterocycles. The zero-order valence-corrected chi connectivity index (χ0v) is 12.3. The van der Waals surface area contributed by atoms with Crippen molar-refractivity contribution in [2.75, 3.05) is 13.7 Å². The van der Waals surface area contributed by atoms with Gasteiger partial charge in [-0.15, -0.1) is 0 Å². The summed E-state index contributed by atoms with van der Waals surface area (Å²) in [7, 11) is 1.24. The highest BCUT2D eigenvalue weighted by atomic mass is 16.5. The summed E-state index contributed by atoms with van der Waals surface area (Å²) in [6.45, 7) is 4.79. The number of amides is 2. The fourth-order valence-electron chi connectivity index (χ4n) is 1.98. The predicted octanol–water partition coefficient (Wildman–Crippen LogP) is 0.833. The van der Waals surface area contributed by atoms with Gasteiger partial charge in [-0.2, -0.15) is 0 Å². The van der Waals surface area contributed by atoms with E-state index in [1.807, 2.05) is 0 Å². The molecular formula is C13H22N2O5. The van der Waals surface area contributed by atoms with Gasteiger partial charge >= 0.3 is 18.0 Å². The van der Waals surface area contributed by atoms with Crippen molar-refractivity contribution in [2.24, 2.45) is 5.92 Å². The van der Waals surface area contributed by atoms with E-state index < -0.39 is 23.5 Å². The minimum Gasteiger partial charge on any atom is -0.480 e. The molecule has 0 heterocycles. The SMILES string of the molecule is COC(=O)CN(C(=O)NC(C)(C(=O)O)C1CC1)C(C)C. The summed E-state index contributed by atoms with van der Waals surface area (Å²) in [5.41, 5.74) is -1.29. The van der Waals surface area contributed by atoms with E-state index in [2.05, 4.69) is 10.1 Å². The molecule has 7 nitrogen and oxygen atoms in total. The van der Waals surface area contributed by atoms with Crippen molar-refractivity contribution in [3.05, 3.63) is 0 Å². The number of urea groups is 1. The molecule has 2 N–H and O–H groups in total. The normalized spacial score (nSPS) is 17.2. The number of ether oxygens (including phenoxy) is 1. The summed E-state index contributed by atoms with van der Waals surface area (Å²) in [6.07, 6.45) is 1.56. The maximum atomic E-state index is 12.2. The van der Waals surface area contributed by atoms with Gasteiger partial charge in [-0.1, -0.05) is 0 Å². The molecule has 0 aromatic heterocycles. The van der Waals surface area contributed by atoms with Crippen molar-refractivity contribution >= 4 is 18.0 Å². The van der Waals surface area contributed by atoms with Crippen LogP contribution in [0.4, 0.5) is 4.79 Å². The highest BCUT2D eigenvalue weighted by molar-refractivity contribution is 5.88. The molecule has 1 aliphatic rings. The summed E-state index contributed by atoms with van der Waals surface area (Å²) in [4.78, 5) is 36.2. The zero-order chi connectivity index (χ0) is 15.5. The van der Waals surface area contributed by atoms with Crippen LogP contribution in [0.1, 0.15) is 33.6 Å². The molecule has 1 saturated carbocycles. The summed E-state index contributed by atoms with van der Waals surface area (Å²) >= 11 is 0.